The summed E-state index contributed by atoms with van der Waals surface area (Å²) in [5, 5.41) is 2.98. The third kappa shape index (κ3) is 4.03. The van der Waals surface area contributed by atoms with Crippen LogP contribution < -0.4 is 11.1 Å². The molecule has 1 aromatic carbocycles. The van der Waals surface area contributed by atoms with Crippen LogP contribution in [0, 0.1) is 0 Å². The van der Waals surface area contributed by atoms with Crippen LogP contribution in [0.5, 0.6) is 0 Å². The lowest BCUT2D eigenvalue weighted by atomic mass is 10.1. The molecule has 1 amide bonds. The second-order valence-electron chi connectivity index (χ2n) is 5.89. The Hall–Kier alpha value is -1.43. The summed E-state index contributed by atoms with van der Waals surface area (Å²) in [6.45, 7) is 7.55. The lowest BCUT2D eigenvalue weighted by molar-refractivity contribution is -0.121. The fraction of sp³-hybridized carbons (Fsp3) is 0.562. The monoisotopic (exact) mass is 290 g/mol. The molecule has 5 heteroatoms. The molecule has 1 saturated heterocycles. The van der Waals surface area contributed by atoms with Crippen molar-refractivity contribution in [1.82, 2.24) is 9.80 Å². The van der Waals surface area contributed by atoms with Gasteiger partial charge in [-0.3, -0.25) is 9.69 Å². The van der Waals surface area contributed by atoms with Crippen LogP contribution in [-0.4, -0.2) is 54.5 Å². The van der Waals surface area contributed by atoms with E-state index in [4.69, 9.17) is 5.73 Å². The third-order valence-corrected chi connectivity index (χ3v) is 4.38. The molecule has 3 N–H and O–H groups in total. The van der Waals surface area contributed by atoms with Crippen molar-refractivity contribution in [2.75, 3.05) is 32.0 Å². The molecule has 2 rings (SSSR count). The molecule has 0 spiro atoms. The van der Waals surface area contributed by atoms with Crippen LogP contribution in [0.4, 0.5) is 5.69 Å². The zero-order valence-corrected chi connectivity index (χ0v) is 13.2. The number of likely N-dealkylation sites (N-methyl/N-ethyl adjacent to an activating group) is 1. The molecule has 1 heterocycles. The Morgan fingerprint density at radius 1 is 1.38 bits per heavy atom. The number of hydrogen-bond acceptors (Lipinski definition) is 4. The smallest absolute Gasteiger partial charge is 0.241 e. The number of nitrogens with two attached hydrogens (primary N) is 1. The van der Waals surface area contributed by atoms with Gasteiger partial charge in [0, 0.05) is 37.9 Å². The maximum Gasteiger partial charge on any atom is 0.241 e. The first-order valence-corrected chi connectivity index (χ1v) is 7.55. The molecule has 0 saturated carbocycles. The van der Waals surface area contributed by atoms with E-state index in [2.05, 4.69) is 29.1 Å². The van der Waals surface area contributed by atoms with Crippen LogP contribution in [-0.2, 0) is 11.3 Å². The fourth-order valence-electron chi connectivity index (χ4n) is 2.57. The van der Waals surface area contributed by atoms with Gasteiger partial charge in [0.1, 0.15) is 0 Å². The fourth-order valence-corrected chi connectivity index (χ4v) is 2.57. The summed E-state index contributed by atoms with van der Waals surface area (Å²) >= 11 is 0. The minimum absolute atomic E-state index is 0.0484. The van der Waals surface area contributed by atoms with E-state index in [9.17, 15) is 4.79 Å². The molecule has 1 aliphatic rings. The lowest BCUT2D eigenvalue weighted by Gasteiger charge is -2.40. The molecule has 0 radical (unpaired) electrons. The van der Waals surface area contributed by atoms with Crippen LogP contribution in [0.3, 0.4) is 0 Å². The van der Waals surface area contributed by atoms with Gasteiger partial charge >= 0.3 is 0 Å². The molecule has 116 valence electrons. The zero-order chi connectivity index (χ0) is 15.4. The summed E-state index contributed by atoms with van der Waals surface area (Å²) in [5.41, 5.74) is 7.46. The van der Waals surface area contributed by atoms with Crippen molar-refractivity contribution in [3.8, 4) is 0 Å². The van der Waals surface area contributed by atoms with Gasteiger partial charge in [-0.25, -0.2) is 0 Å². The Labute approximate surface area is 127 Å². The predicted molar refractivity (Wildman–Crippen MR) is 86.1 cm³/mol. The molecule has 2 unspecified atom stereocenters. The highest BCUT2D eigenvalue weighted by Crippen LogP contribution is 2.14. The minimum Gasteiger partial charge on any atom is -0.326 e. The lowest BCUT2D eigenvalue weighted by Crippen LogP contribution is -2.55. The van der Waals surface area contributed by atoms with Gasteiger partial charge in [-0.05, 0) is 38.6 Å². The van der Waals surface area contributed by atoms with E-state index in [0.717, 1.165) is 30.9 Å². The van der Waals surface area contributed by atoms with Crippen molar-refractivity contribution in [2.24, 2.45) is 5.73 Å². The maximum absolute atomic E-state index is 12.4. The molecule has 1 aliphatic heterocycles. The van der Waals surface area contributed by atoms with Gasteiger partial charge in [-0.2, -0.15) is 0 Å². The van der Waals surface area contributed by atoms with E-state index in [0.29, 0.717) is 12.6 Å². The van der Waals surface area contributed by atoms with Crippen LogP contribution >= 0.6 is 0 Å². The topological polar surface area (TPSA) is 61.6 Å². The number of hydrogen-bond donors (Lipinski definition) is 2. The zero-order valence-electron chi connectivity index (χ0n) is 13.2. The summed E-state index contributed by atoms with van der Waals surface area (Å²) in [7, 11) is 2.13. The van der Waals surface area contributed by atoms with Crippen molar-refractivity contribution in [3.05, 3.63) is 29.8 Å². The average molecular weight is 290 g/mol. The molecule has 2 atom stereocenters. The van der Waals surface area contributed by atoms with Gasteiger partial charge in [-0.15, -0.1) is 0 Å². The number of nitrogens with one attached hydrogen (secondary N) is 1. The molecule has 21 heavy (non-hydrogen) atoms. The first-order valence-electron chi connectivity index (χ1n) is 7.55. The van der Waals surface area contributed by atoms with Crippen LogP contribution in [0.15, 0.2) is 24.3 Å². The first kappa shape index (κ1) is 15.9. The number of benzene rings is 1. The number of rotatable bonds is 4. The SMILES string of the molecule is CC1CN(C(C)C(=O)Nc2ccc(CN)cc2)CCN1C. The molecule has 0 aliphatic carbocycles. The van der Waals surface area contributed by atoms with E-state index >= 15 is 0 Å². The summed E-state index contributed by atoms with van der Waals surface area (Å²) in [4.78, 5) is 16.9. The number of carbonyl (C=O) groups excluding carboxylic acids is 1. The van der Waals surface area contributed by atoms with Crippen molar-refractivity contribution < 1.29 is 4.79 Å². The van der Waals surface area contributed by atoms with E-state index in [1.807, 2.05) is 31.2 Å². The van der Waals surface area contributed by atoms with Gasteiger partial charge < -0.3 is 16.0 Å². The van der Waals surface area contributed by atoms with Crippen LogP contribution in [0.25, 0.3) is 0 Å². The van der Waals surface area contributed by atoms with Crippen LogP contribution in [0.1, 0.15) is 19.4 Å². The minimum atomic E-state index is -0.115. The van der Waals surface area contributed by atoms with Gasteiger partial charge in [-0.1, -0.05) is 12.1 Å². The summed E-state index contributed by atoms with van der Waals surface area (Å²) in [6, 6.07) is 8.06. The first-order chi connectivity index (χ1) is 10.0. The standard InChI is InChI=1S/C16H26N4O/c1-12-11-20(9-8-19(12)3)13(2)16(21)18-15-6-4-14(10-17)5-7-15/h4-7,12-13H,8-11,17H2,1-3H3,(H,18,21). The Balaban J connectivity index is 1.92. The quantitative estimate of drug-likeness (QED) is 0.872. The molecule has 0 aromatic heterocycles. The number of nitrogens with zero attached hydrogens (tertiary/aromatic N) is 2. The van der Waals surface area contributed by atoms with Crippen molar-refractivity contribution in [3.63, 3.8) is 0 Å². The molecule has 1 aromatic rings. The Kier molecular flexibility index (Phi) is 5.33. The molecular formula is C16H26N4O. The van der Waals surface area contributed by atoms with Crippen LogP contribution in [0.2, 0.25) is 0 Å². The van der Waals surface area contributed by atoms with Gasteiger partial charge in [0.15, 0.2) is 0 Å². The van der Waals surface area contributed by atoms with E-state index in [1.165, 1.54) is 0 Å². The molecular weight excluding hydrogens is 264 g/mol. The second-order valence-corrected chi connectivity index (χ2v) is 5.89. The molecule has 0 bridgehead atoms. The number of piperazine rings is 1. The number of amides is 1. The van der Waals surface area contributed by atoms with E-state index in [-0.39, 0.29) is 11.9 Å². The second kappa shape index (κ2) is 7.02. The van der Waals surface area contributed by atoms with Gasteiger partial charge in [0.05, 0.1) is 6.04 Å². The highest BCUT2D eigenvalue weighted by molar-refractivity contribution is 5.94. The van der Waals surface area contributed by atoms with E-state index < -0.39 is 0 Å². The maximum atomic E-state index is 12.4. The van der Waals surface area contributed by atoms with Crippen molar-refractivity contribution in [2.45, 2.75) is 32.5 Å². The summed E-state index contributed by atoms with van der Waals surface area (Å²) in [6.07, 6.45) is 0. The Bertz CT molecular complexity index is 474. The molecule has 5 nitrogen and oxygen atoms in total. The Morgan fingerprint density at radius 2 is 2.05 bits per heavy atom. The number of carbonyl (C=O) groups is 1. The average Bonchev–Trinajstić information content (AvgIpc) is 2.50. The molecule has 1 fully saturated rings. The van der Waals surface area contributed by atoms with Crippen molar-refractivity contribution in [1.29, 1.82) is 0 Å². The summed E-state index contributed by atoms with van der Waals surface area (Å²) in [5.74, 6) is 0.0484. The predicted octanol–water partition coefficient (Wildman–Crippen LogP) is 1.11. The summed E-state index contributed by atoms with van der Waals surface area (Å²) < 4.78 is 0. The number of anilines is 1. The van der Waals surface area contributed by atoms with Gasteiger partial charge in [0.25, 0.3) is 0 Å². The van der Waals surface area contributed by atoms with E-state index in [1.54, 1.807) is 0 Å². The highest BCUT2D eigenvalue weighted by Gasteiger charge is 2.27. The Morgan fingerprint density at radius 3 is 2.62 bits per heavy atom. The van der Waals surface area contributed by atoms with Gasteiger partial charge in [0.2, 0.25) is 5.91 Å². The largest absolute Gasteiger partial charge is 0.326 e. The highest BCUT2D eigenvalue weighted by atomic mass is 16.2. The third-order valence-electron chi connectivity index (χ3n) is 4.38. The normalized spacial score (nSPS) is 22.0. The van der Waals surface area contributed by atoms with Crippen molar-refractivity contribution >= 4 is 11.6 Å².